The number of hydrogen-bond acceptors (Lipinski definition) is 3. The number of ether oxygens (including phenoxy) is 2. The largest absolute Gasteiger partial charge is 0.385 e. The van der Waals surface area contributed by atoms with Crippen LogP contribution in [-0.4, -0.2) is 51.5 Å². The van der Waals surface area contributed by atoms with Gasteiger partial charge in [-0.25, -0.2) is 0 Å². The van der Waals surface area contributed by atoms with Crippen molar-refractivity contribution in [3.8, 4) is 0 Å². The first-order valence-electron chi connectivity index (χ1n) is 5.11. The topological polar surface area (TPSA) is 21.7 Å². The standard InChI is InChI=1S/C10H21NO2/c1-12-9-3-6-11-7-4-10(13-2)5-8-11/h10H,3-9H2,1-2H3. The smallest absolute Gasteiger partial charge is 0.0595 e. The molecule has 1 aliphatic rings. The SMILES string of the molecule is COCCCN1CCC(OC)CC1. The predicted molar refractivity (Wildman–Crippen MR) is 53.0 cm³/mol. The van der Waals surface area contributed by atoms with E-state index < -0.39 is 0 Å². The summed E-state index contributed by atoms with van der Waals surface area (Å²) >= 11 is 0. The molecule has 1 fully saturated rings. The van der Waals surface area contributed by atoms with Gasteiger partial charge in [0.05, 0.1) is 6.10 Å². The van der Waals surface area contributed by atoms with Crippen molar-refractivity contribution in [1.82, 2.24) is 4.90 Å². The van der Waals surface area contributed by atoms with E-state index in [1.165, 1.54) is 32.5 Å². The van der Waals surface area contributed by atoms with Crippen LogP contribution in [0.5, 0.6) is 0 Å². The van der Waals surface area contributed by atoms with Crippen LogP contribution in [0.2, 0.25) is 0 Å². The minimum atomic E-state index is 0.499. The Morgan fingerprint density at radius 1 is 1.23 bits per heavy atom. The molecular weight excluding hydrogens is 166 g/mol. The summed E-state index contributed by atoms with van der Waals surface area (Å²) in [5.41, 5.74) is 0. The van der Waals surface area contributed by atoms with E-state index in [4.69, 9.17) is 9.47 Å². The summed E-state index contributed by atoms with van der Waals surface area (Å²) < 4.78 is 10.3. The minimum absolute atomic E-state index is 0.499. The Hall–Kier alpha value is -0.120. The lowest BCUT2D eigenvalue weighted by Gasteiger charge is -2.30. The lowest BCUT2D eigenvalue weighted by atomic mass is 10.1. The van der Waals surface area contributed by atoms with Crippen LogP contribution in [0.3, 0.4) is 0 Å². The molecule has 0 N–H and O–H groups in total. The van der Waals surface area contributed by atoms with Crippen molar-refractivity contribution in [3.05, 3.63) is 0 Å². The predicted octanol–water partition coefficient (Wildman–Crippen LogP) is 1.13. The average Bonchev–Trinajstić information content (AvgIpc) is 2.19. The van der Waals surface area contributed by atoms with E-state index in [1.807, 2.05) is 7.11 Å². The summed E-state index contributed by atoms with van der Waals surface area (Å²) in [4.78, 5) is 2.49. The fourth-order valence-corrected chi connectivity index (χ4v) is 1.80. The molecule has 0 saturated carbocycles. The first kappa shape index (κ1) is 11.0. The fraction of sp³-hybridized carbons (Fsp3) is 1.00. The number of nitrogens with zero attached hydrogens (tertiary/aromatic N) is 1. The van der Waals surface area contributed by atoms with Gasteiger partial charge < -0.3 is 14.4 Å². The lowest BCUT2D eigenvalue weighted by molar-refractivity contribution is 0.0387. The molecule has 1 heterocycles. The molecule has 1 saturated heterocycles. The highest BCUT2D eigenvalue weighted by Gasteiger charge is 2.17. The van der Waals surface area contributed by atoms with E-state index in [0.29, 0.717) is 6.10 Å². The highest BCUT2D eigenvalue weighted by molar-refractivity contribution is 4.71. The summed E-state index contributed by atoms with van der Waals surface area (Å²) in [7, 11) is 3.57. The monoisotopic (exact) mass is 187 g/mol. The van der Waals surface area contributed by atoms with Gasteiger partial charge in [-0.1, -0.05) is 0 Å². The van der Waals surface area contributed by atoms with E-state index in [2.05, 4.69) is 4.90 Å². The molecule has 3 heteroatoms. The summed E-state index contributed by atoms with van der Waals surface area (Å²) in [6, 6.07) is 0. The molecule has 0 aromatic rings. The molecule has 0 aromatic carbocycles. The summed E-state index contributed by atoms with van der Waals surface area (Å²) in [5, 5.41) is 0. The number of methoxy groups -OCH3 is 2. The maximum Gasteiger partial charge on any atom is 0.0595 e. The molecule has 13 heavy (non-hydrogen) atoms. The van der Waals surface area contributed by atoms with Gasteiger partial charge in [0.25, 0.3) is 0 Å². The van der Waals surface area contributed by atoms with Crippen LogP contribution >= 0.6 is 0 Å². The van der Waals surface area contributed by atoms with Gasteiger partial charge in [-0.3, -0.25) is 0 Å². The van der Waals surface area contributed by atoms with E-state index in [0.717, 1.165) is 13.0 Å². The molecule has 0 radical (unpaired) electrons. The van der Waals surface area contributed by atoms with Crippen molar-refractivity contribution in [1.29, 1.82) is 0 Å². The molecule has 1 aliphatic heterocycles. The van der Waals surface area contributed by atoms with Crippen LogP contribution in [0.4, 0.5) is 0 Å². The molecule has 0 atom stereocenters. The molecule has 0 spiro atoms. The number of hydrogen-bond donors (Lipinski definition) is 0. The highest BCUT2D eigenvalue weighted by Crippen LogP contribution is 2.12. The van der Waals surface area contributed by atoms with Gasteiger partial charge in [-0.2, -0.15) is 0 Å². The third-order valence-electron chi connectivity index (χ3n) is 2.69. The van der Waals surface area contributed by atoms with E-state index in [1.54, 1.807) is 7.11 Å². The lowest BCUT2D eigenvalue weighted by Crippen LogP contribution is -2.37. The highest BCUT2D eigenvalue weighted by atomic mass is 16.5. The quantitative estimate of drug-likeness (QED) is 0.602. The normalized spacial score (nSPS) is 20.8. The Kier molecular flexibility index (Phi) is 5.35. The van der Waals surface area contributed by atoms with E-state index in [9.17, 15) is 0 Å². The maximum absolute atomic E-state index is 5.31. The van der Waals surface area contributed by atoms with Gasteiger partial charge in [0, 0.05) is 40.5 Å². The zero-order valence-corrected chi connectivity index (χ0v) is 8.79. The molecule has 0 amide bonds. The molecular formula is C10H21NO2. The van der Waals surface area contributed by atoms with Crippen LogP contribution < -0.4 is 0 Å². The van der Waals surface area contributed by atoms with Crippen molar-refractivity contribution < 1.29 is 9.47 Å². The Morgan fingerprint density at radius 3 is 2.46 bits per heavy atom. The number of likely N-dealkylation sites (tertiary alicyclic amines) is 1. The Morgan fingerprint density at radius 2 is 1.92 bits per heavy atom. The Bertz CT molecular complexity index is 119. The third-order valence-corrected chi connectivity index (χ3v) is 2.69. The van der Waals surface area contributed by atoms with Gasteiger partial charge >= 0.3 is 0 Å². The van der Waals surface area contributed by atoms with E-state index >= 15 is 0 Å². The molecule has 0 unspecified atom stereocenters. The van der Waals surface area contributed by atoms with Crippen LogP contribution in [0.1, 0.15) is 19.3 Å². The molecule has 0 aromatic heterocycles. The van der Waals surface area contributed by atoms with Gasteiger partial charge in [-0.05, 0) is 19.3 Å². The number of rotatable bonds is 5. The van der Waals surface area contributed by atoms with Gasteiger partial charge in [0.15, 0.2) is 0 Å². The van der Waals surface area contributed by atoms with Gasteiger partial charge in [0.1, 0.15) is 0 Å². The van der Waals surface area contributed by atoms with Crippen molar-refractivity contribution in [2.45, 2.75) is 25.4 Å². The van der Waals surface area contributed by atoms with Crippen molar-refractivity contribution in [3.63, 3.8) is 0 Å². The van der Waals surface area contributed by atoms with Crippen LogP contribution in [0.25, 0.3) is 0 Å². The van der Waals surface area contributed by atoms with Crippen LogP contribution in [-0.2, 0) is 9.47 Å². The zero-order chi connectivity index (χ0) is 9.52. The second-order valence-corrected chi connectivity index (χ2v) is 3.62. The molecule has 0 bridgehead atoms. The van der Waals surface area contributed by atoms with E-state index in [-0.39, 0.29) is 0 Å². The molecule has 78 valence electrons. The Balaban J connectivity index is 2.03. The third kappa shape index (κ3) is 4.07. The average molecular weight is 187 g/mol. The zero-order valence-electron chi connectivity index (χ0n) is 8.79. The Labute approximate surface area is 81.0 Å². The molecule has 3 nitrogen and oxygen atoms in total. The first-order chi connectivity index (χ1) is 6.36. The van der Waals surface area contributed by atoms with Crippen molar-refractivity contribution in [2.24, 2.45) is 0 Å². The van der Waals surface area contributed by atoms with Crippen LogP contribution in [0.15, 0.2) is 0 Å². The van der Waals surface area contributed by atoms with Gasteiger partial charge in [-0.15, -0.1) is 0 Å². The first-order valence-corrected chi connectivity index (χ1v) is 5.11. The van der Waals surface area contributed by atoms with Gasteiger partial charge in [0.2, 0.25) is 0 Å². The molecule has 0 aliphatic carbocycles. The summed E-state index contributed by atoms with van der Waals surface area (Å²) in [6.07, 6.45) is 4.01. The second-order valence-electron chi connectivity index (χ2n) is 3.62. The van der Waals surface area contributed by atoms with Crippen molar-refractivity contribution >= 4 is 0 Å². The summed E-state index contributed by atoms with van der Waals surface area (Å²) in [5.74, 6) is 0. The maximum atomic E-state index is 5.31. The number of piperidine rings is 1. The van der Waals surface area contributed by atoms with Crippen LogP contribution in [0, 0.1) is 0 Å². The van der Waals surface area contributed by atoms with Crippen molar-refractivity contribution in [2.75, 3.05) is 40.5 Å². The second kappa shape index (κ2) is 6.35. The fourth-order valence-electron chi connectivity index (χ4n) is 1.80. The molecule has 1 rings (SSSR count). The summed E-state index contributed by atoms with van der Waals surface area (Å²) in [6.45, 7) is 4.42. The minimum Gasteiger partial charge on any atom is -0.385 e.